The Kier molecular flexibility index (Phi) is 5.15. The molecule has 2 heterocycles. The summed E-state index contributed by atoms with van der Waals surface area (Å²) < 4.78 is 5.00. The van der Waals surface area contributed by atoms with E-state index in [-0.39, 0.29) is 6.09 Å². The molecule has 8 heteroatoms. The molecule has 7 nitrogen and oxygen atoms in total. The van der Waals surface area contributed by atoms with Gasteiger partial charge in [0.25, 0.3) is 0 Å². The van der Waals surface area contributed by atoms with Crippen LogP contribution in [0.4, 0.5) is 4.79 Å². The van der Waals surface area contributed by atoms with Crippen LogP contribution in [-0.4, -0.2) is 64.7 Å². The number of nitrogens with zero attached hydrogens (tertiary/aromatic N) is 2. The number of hydrogen-bond donors (Lipinski definition) is 2. The van der Waals surface area contributed by atoms with Crippen LogP contribution < -0.4 is 0 Å². The van der Waals surface area contributed by atoms with E-state index in [1.165, 1.54) is 0 Å². The third kappa shape index (κ3) is 3.57. The number of hydrogen-bond acceptors (Lipinski definition) is 4. The van der Waals surface area contributed by atoms with Crippen LogP contribution in [0.3, 0.4) is 0 Å². The Balaban J connectivity index is 1.80. The van der Waals surface area contributed by atoms with Gasteiger partial charge in [-0.3, -0.25) is 9.69 Å². The molecule has 0 unspecified atom stereocenters. The number of carbonyl (C=O) groups excluding carboxylic acids is 1. The van der Waals surface area contributed by atoms with Gasteiger partial charge in [0.2, 0.25) is 0 Å². The number of nitrogens with one attached hydrogen (secondary N) is 1. The molecule has 1 saturated heterocycles. The molecule has 0 bridgehead atoms. The number of ether oxygens (including phenoxy) is 1. The number of carboxylic acid groups (broad SMARTS) is 1. The van der Waals surface area contributed by atoms with E-state index >= 15 is 0 Å². The first-order valence-corrected chi connectivity index (χ1v) is 8.54. The van der Waals surface area contributed by atoms with Crippen molar-refractivity contribution in [2.24, 2.45) is 0 Å². The molecule has 25 heavy (non-hydrogen) atoms. The van der Waals surface area contributed by atoms with E-state index in [1.54, 1.807) is 30.2 Å². The van der Waals surface area contributed by atoms with Crippen LogP contribution in [0.2, 0.25) is 5.02 Å². The van der Waals surface area contributed by atoms with E-state index in [0.717, 1.165) is 10.9 Å². The molecule has 134 valence electrons. The average Bonchev–Trinajstić information content (AvgIpc) is 2.98. The molecule has 2 N–H and O–H groups in total. The topological polar surface area (TPSA) is 85.9 Å². The van der Waals surface area contributed by atoms with Gasteiger partial charge in [-0.25, -0.2) is 4.79 Å². The van der Waals surface area contributed by atoms with Gasteiger partial charge in [0.1, 0.15) is 6.04 Å². The van der Waals surface area contributed by atoms with Gasteiger partial charge in [0, 0.05) is 53.9 Å². The maximum absolute atomic E-state index is 11.9. The van der Waals surface area contributed by atoms with Crippen molar-refractivity contribution in [3.05, 3.63) is 35.0 Å². The zero-order valence-electron chi connectivity index (χ0n) is 13.9. The summed E-state index contributed by atoms with van der Waals surface area (Å²) in [6, 6.07) is 4.57. The average molecular weight is 366 g/mol. The Hall–Kier alpha value is -2.25. The van der Waals surface area contributed by atoms with Crippen molar-refractivity contribution >= 4 is 34.6 Å². The maximum atomic E-state index is 11.9. The monoisotopic (exact) mass is 365 g/mol. The number of rotatable bonds is 4. The molecule has 1 aliphatic rings. The standard InChI is InChI=1S/C17H20ClN3O4/c1-2-25-17(24)21-7-5-20(6-8-21)15(16(22)23)13-10-19-14-9-11(18)3-4-12(13)14/h3-4,9-10,15,19H,2,5-8H2,1H3,(H,22,23)/t15-/m1/s1. The SMILES string of the molecule is CCOC(=O)N1CCN([C@@H](C(=O)O)c2c[nH]c3cc(Cl)ccc23)CC1. The summed E-state index contributed by atoms with van der Waals surface area (Å²) in [5.41, 5.74) is 1.50. The summed E-state index contributed by atoms with van der Waals surface area (Å²) >= 11 is 5.99. The minimum Gasteiger partial charge on any atom is -0.480 e. The van der Waals surface area contributed by atoms with E-state index < -0.39 is 12.0 Å². The van der Waals surface area contributed by atoms with Gasteiger partial charge in [-0.05, 0) is 19.1 Å². The minimum atomic E-state index is -0.916. The van der Waals surface area contributed by atoms with E-state index in [0.29, 0.717) is 43.4 Å². The molecule has 1 amide bonds. The highest BCUT2D eigenvalue weighted by molar-refractivity contribution is 6.31. The lowest BCUT2D eigenvalue weighted by atomic mass is 10.0. The fourth-order valence-electron chi connectivity index (χ4n) is 3.21. The number of benzene rings is 1. The first-order valence-electron chi connectivity index (χ1n) is 8.16. The van der Waals surface area contributed by atoms with Crippen molar-refractivity contribution in [1.29, 1.82) is 0 Å². The van der Waals surface area contributed by atoms with Crippen molar-refractivity contribution in [1.82, 2.24) is 14.8 Å². The highest BCUT2D eigenvalue weighted by atomic mass is 35.5. The molecular formula is C17H20ClN3O4. The van der Waals surface area contributed by atoms with Crippen molar-refractivity contribution in [2.75, 3.05) is 32.8 Å². The zero-order valence-corrected chi connectivity index (χ0v) is 14.6. The molecule has 0 spiro atoms. The molecule has 1 fully saturated rings. The quantitative estimate of drug-likeness (QED) is 0.870. The van der Waals surface area contributed by atoms with E-state index in [4.69, 9.17) is 16.3 Å². The minimum absolute atomic E-state index is 0.328. The van der Waals surface area contributed by atoms with Gasteiger partial charge in [0.05, 0.1) is 6.61 Å². The lowest BCUT2D eigenvalue weighted by Gasteiger charge is -2.37. The second-order valence-electron chi connectivity index (χ2n) is 5.90. The summed E-state index contributed by atoms with van der Waals surface area (Å²) in [6.07, 6.45) is 1.37. The fraction of sp³-hybridized carbons (Fsp3) is 0.412. The van der Waals surface area contributed by atoms with Crippen LogP contribution in [0.1, 0.15) is 18.5 Å². The van der Waals surface area contributed by atoms with Gasteiger partial charge < -0.3 is 19.7 Å². The summed E-state index contributed by atoms with van der Waals surface area (Å²) in [6.45, 7) is 3.91. The molecule has 0 aliphatic carbocycles. The number of halogens is 1. The maximum Gasteiger partial charge on any atom is 0.409 e. The van der Waals surface area contributed by atoms with E-state index in [1.807, 2.05) is 11.0 Å². The molecule has 2 aromatic rings. The van der Waals surface area contributed by atoms with Crippen molar-refractivity contribution < 1.29 is 19.4 Å². The first-order chi connectivity index (χ1) is 12.0. The number of aromatic amines is 1. The van der Waals surface area contributed by atoms with Crippen molar-refractivity contribution in [3.8, 4) is 0 Å². The molecule has 1 aliphatic heterocycles. The number of piperazine rings is 1. The van der Waals surface area contributed by atoms with Crippen LogP contribution in [0.5, 0.6) is 0 Å². The summed E-state index contributed by atoms with van der Waals surface area (Å²) in [5.74, 6) is -0.916. The Bertz CT molecular complexity index is 783. The van der Waals surface area contributed by atoms with Gasteiger partial charge in [-0.1, -0.05) is 17.7 Å². The summed E-state index contributed by atoms with van der Waals surface area (Å²) in [4.78, 5) is 30.3. The normalized spacial score (nSPS) is 16.8. The smallest absolute Gasteiger partial charge is 0.409 e. The van der Waals surface area contributed by atoms with Crippen LogP contribution in [0.25, 0.3) is 10.9 Å². The number of aromatic nitrogens is 1. The molecule has 1 atom stereocenters. The summed E-state index contributed by atoms with van der Waals surface area (Å²) in [5, 5.41) is 11.2. The van der Waals surface area contributed by atoms with Crippen LogP contribution in [0.15, 0.2) is 24.4 Å². The van der Waals surface area contributed by atoms with Gasteiger partial charge in [-0.15, -0.1) is 0 Å². The van der Waals surface area contributed by atoms with Gasteiger partial charge in [-0.2, -0.15) is 0 Å². The third-order valence-corrected chi connectivity index (χ3v) is 4.64. The predicted octanol–water partition coefficient (Wildman–Crippen LogP) is 2.72. The first kappa shape index (κ1) is 17.6. The van der Waals surface area contributed by atoms with Gasteiger partial charge in [0.15, 0.2) is 0 Å². The van der Waals surface area contributed by atoms with Gasteiger partial charge >= 0.3 is 12.1 Å². The van der Waals surface area contributed by atoms with Crippen LogP contribution in [0, 0.1) is 0 Å². The predicted molar refractivity (Wildman–Crippen MR) is 93.9 cm³/mol. The van der Waals surface area contributed by atoms with Crippen LogP contribution in [-0.2, 0) is 9.53 Å². The number of carbonyl (C=O) groups is 2. The largest absolute Gasteiger partial charge is 0.480 e. The number of H-pyrrole nitrogens is 1. The number of amides is 1. The second-order valence-corrected chi connectivity index (χ2v) is 6.33. The molecule has 0 radical (unpaired) electrons. The number of fused-ring (bicyclic) bond motifs is 1. The Morgan fingerprint density at radius 3 is 2.68 bits per heavy atom. The lowest BCUT2D eigenvalue weighted by Crippen LogP contribution is -2.51. The van der Waals surface area contributed by atoms with E-state index in [9.17, 15) is 14.7 Å². The molecule has 1 aromatic carbocycles. The summed E-state index contributed by atoms with van der Waals surface area (Å²) in [7, 11) is 0. The van der Waals surface area contributed by atoms with Crippen molar-refractivity contribution in [3.63, 3.8) is 0 Å². The lowest BCUT2D eigenvalue weighted by molar-refractivity contribution is -0.144. The Morgan fingerprint density at radius 2 is 2.04 bits per heavy atom. The number of carboxylic acids is 1. The fourth-order valence-corrected chi connectivity index (χ4v) is 3.38. The zero-order chi connectivity index (χ0) is 18.0. The molecular weight excluding hydrogens is 346 g/mol. The van der Waals surface area contributed by atoms with Crippen LogP contribution >= 0.6 is 11.6 Å². The third-order valence-electron chi connectivity index (χ3n) is 4.41. The second kappa shape index (κ2) is 7.33. The molecule has 0 saturated carbocycles. The highest BCUT2D eigenvalue weighted by Gasteiger charge is 2.33. The number of aliphatic carboxylic acids is 1. The van der Waals surface area contributed by atoms with E-state index in [2.05, 4.69) is 4.98 Å². The molecule has 3 rings (SSSR count). The highest BCUT2D eigenvalue weighted by Crippen LogP contribution is 2.31. The Labute approximate surface area is 150 Å². The molecule has 1 aromatic heterocycles. The Morgan fingerprint density at radius 1 is 1.32 bits per heavy atom. The van der Waals surface area contributed by atoms with Crippen molar-refractivity contribution in [2.45, 2.75) is 13.0 Å².